The quantitative estimate of drug-likeness (QED) is 0.713. The van der Waals surface area contributed by atoms with Crippen LogP contribution >= 0.6 is 31.9 Å². The maximum absolute atomic E-state index is 12.5. The lowest BCUT2D eigenvalue weighted by Crippen LogP contribution is -1.90. The van der Waals surface area contributed by atoms with E-state index < -0.39 is 10.8 Å². The van der Waals surface area contributed by atoms with Gasteiger partial charge in [-0.2, -0.15) is 0 Å². The van der Waals surface area contributed by atoms with Gasteiger partial charge in [-0.15, -0.1) is 0 Å². The highest BCUT2D eigenvalue weighted by Gasteiger charge is 2.28. The maximum atomic E-state index is 12.5. The second kappa shape index (κ2) is 5.47. The molecule has 1 aliphatic heterocycles. The Bertz CT molecular complexity index is 736. The monoisotopic (exact) mass is 412 g/mol. The van der Waals surface area contributed by atoms with Crippen molar-refractivity contribution in [2.75, 3.05) is 7.11 Å². The fraction of sp³-hybridized carbons (Fsp3) is 0.0667. The second-order valence-electron chi connectivity index (χ2n) is 4.29. The molecule has 0 bridgehead atoms. The Morgan fingerprint density at radius 3 is 2.40 bits per heavy atom. The highest BCUT2D eigenvalue weighted by molar-refractivity contribution is 9.13. The van der Waals surface area contributed by atoms with Crippen LogP contribution in [0.1, 0.15) is 11.1 Å². The van der Waals surface area contributed by atoms with Crippen LogP contribution in [0.4, 0.5) is 0 Å². The Labute approximate surface area is 136 Å². The molecular weight excluding hydrogens is 404 g/mol. The van der Waals surface area contributed by atoms with Gasteiger partial charge in [-0.1, -0.05) is 28.1 Å². The van der Waals surface area contributed by atoms with Gasteiger partial charge >= 0.3 is 0 Å². The van der Waals surface area contributed by atoms with E-state index in [4.69, 9.17) is 4.74 Å². The number of fused-ring (bicyclic) bond motifs is 1. The topological polar surface area (TPSA) is 26.3 Å². The summed E-state index contributed by atoms with van der Waals surface area (Å²) in [6, 6.07) is 13.7. The molecule has 0 saturated carbocycles. The minimum absolute atomic E-state index is 0.711. The lowest BCUT2D eigenvalue weighted by atomic mass is 10.00. The number of hydrogen-bond donors (Lipinski definition) is 0. The van der Waals surface area contributed by atoms with Crippen LogP contribution in [0.5, 0.6) is 5.75 Å². The van der Waals surface area contributed by atoms with E-state index in [1.165, 1.54) is 0 Å². The predicted molar refractivity (Wildman–Crippen MR) is 88.5 cm³/mol. The Hall–Kier alpha value is -0.910. The minimum atomic E-state index is -1.19. The molecule has 1 aliphatic rings. The van der Waals surface area contributed by atoms with E-state index in [9.17, 15) is 4.21 Å². The number of ether oxygens (including phenoxy) is 1. The summed E-state index contributed by atoms with van der Waals surface area (Å²) in [6.07, 6.45) is 0. The number of methoxy groups -OCH3 is 1. The van der Waals surface area contributed by atoms with Crippen molar-refractivity contribution in [1.82, 2.24) is 0 Å². The second-order valence-corrected chi connectivity index (χ2v) is 7.91. The molecule has 5 heteroatoms. The maximum Gasteiger partial charge on any atom is 0.120 e. The first-order valence-electron chi connectivity index (χ1n) is 5.87. The zero-order valence-corrected chi connectivity index (χ0v) is 14.5. The van der Waals surface area contributed by atoms with Gasteiger partial charge in [0, 0.05) is 15.6 Å². The highest BCUT2D eigenvalue weighted by atomic mass is 79.9. The summed E-state index contributed by atoms with van der Waals surface area (Å²) in [5.41, 5.74) is 3.00. The predicted octanol–water partition coefficient (Wildman–Crippen LogP) is 4.69. The number of halogens is 2. The molecule has 102 valence electrons. The van der Waals surface area contributed by atoms with Gasteiger partial charge in [0.2, 0.25) is 0 Å². The molecule has 3 rings (SSSR count). The standard InChI is InChI=1S/C15H10Br2O2S/c1-19-11-6-7-12-13(8-11)20(18)15(17)14(12)9-2-4-10(16)5-3-9/h2-8H,1H3. The molecule has 0 N–H and O–H groups in total. The SMILES string of the molecule is COc1ccc2c(c1)S(=O)C(Br)=C2c1ccc(Br)cc1. The van der Waals surface area contributed by atoms with Crippen molar-refractivity contribution in [1.29, 1.82) is 0 Å². The van der Waals surface area contributed by atoms with Crippen LogP contribution in [0.2, 0.25) is 0 Å². The fourth-order valence-electron chi connectivity index (χ4n) is 2.17. The highest BCUT2D eigenvalue weighted by Crippen LogP contribution is 2.44. The summed E-state index contributed by atoms with van der Waals surface area (Å²) in [4.78, 5) is 0.786. The van der Waals surface area contributed by atoms with Crippen molar-refractivity contribution < 1.29 is 8.95 Å². The van der Waals surface area contributed by atoms with Gasteiger partial charge in [-0.05, 0) is 51.8 Å². The summed E-state index contributed by atoms with van der Waals surface area (Å²) >= 11 is 6.91. The van der Waals surface area contributed by atoms with Gasteiger partial charge < -0.3 is 4.74 Å². The van der Waals surface area contributed by atoms with Crippen LogP contribution in [0.25, 0.3) is 5.57 Å². The van der Waals surface area contributed by atoms with Gasteiger partial charge in [-0.3, -0.25) is 0 Å². The van der Waals surface area contributed by atoms with Crippen molar-refractivity contribution in [2.24, 2.45) is 0 Å². The third-order valence-corrected chi connectivity index (χ3v) is 6.22. The van der Waals surface area contributed by atoms with Crippen LogP contribution in [0.15, 0.2) is 55.6 Å². The number of benzene rings is 2. The normalized spacial score (nSPS) is 17.2. The number of hydrogen-bond acceptors (Lipinski definition) is 2. The van der Waals surface area contributed by atoms with Crippen LogP contribution in [0, 0.1) is 0 Å². The smallest absolute Gasteiger partial charge is 0.120 e. The third kappa shape index (κ3) is 2.28. The molecule has 2 nitrogen and oxygen atoms in total. The van der Waals surface area contributed by atoms with Gasteiger partial charge in [0.15, 0.2) is 0 Å². The van der Waals surface area contributed by atoms with Gasteiger partial charge in [0.05, 0.1) is 26.6 Å². The van der Waals surface area contributed by atoms with Crippen molar-refractivity contribution in [3.05, 3.63) is 61.9 Å². The molecule has 2 aromatic carbocycles. The third-order valence-electron chi connectivity index (χ3n) is 3.15. The van der Waals surface area contributed by atoms with Crippen molar-refractivity contribution in [3.8, 4) is 5.75 Å². The number of rotatable bonds is 2. The average Bonchev–Trinajstić information content (AvgIpc) is 2.72. The molecule has 20 heavy (non-hydrogen) atoms. The fourth-order valence-corrected chi connectivity index (χ4v) is 4.60. The van der Waals surface area contributed by atoms with E-state index in [1.54, 1.807) is 7.11 Å². The van der Waals surface area contributed by atoms with Crippen LogP contribution < -0.4 is 4.74 Å². The summed E-state index contributed by atoms with van der Waals surface area (Å²) in [5.74, 6) is 0.717. The van der Waals surface area contributed by atoms with E-state index in [1.807, 2.05) is 42.5 Å². The molecule has 0 amide bonds. The summed E-state index contributed by atoms with van der Waals surface area (Å²) in [7, 11) is 0.423. The van der Waals surface area contributed by atoms with E-state index in [-0.39, 0.29) is 0 Å². The molecule has 0 aromatic heterocycles. The van der Waals surface area contributed by atoms with Gasteiger partial charge in [0.1, 0.15) is 5.75 Å². The van der Waals surface area contributed by atoms with Gasteiger partial charge in [0.25, 0.3) is 0 Å². The first-order valence-corrected chi connectivity index (χ1v) is 8.61. The molecule has 1 atom stereocenters. The first-order chi connectivity index (χ1) is 9.61. The molecule has 0 aliphatic carbocycles. The van der Waals surface area contributed by atoms with E-state index in [2.05, 4.69) is 31.9 Å². The zero-order valence-electron chi connectivity index (χ0n) is 10.5. The molecular formula is C15H10Br2O2S. The zero-order chi connectivity index (χ0) is 14.3. The lowest BCUT2D eigenvalue weighted by molar-refractivity contribution is 0.413. The molecule has 0 saturated heterocycles. The minimum Gasteiger partial charge on any atom is -0.497 e. The molecule has 0 radical (unpaired) electrons. The molecule has 1 unspecified atom stereocenters. The van der Waals surface area contributed by atoms with E-state index in [0.717, 1.165) is 31.8 Å². The largest absolute Gasteiger partial charge is 0.497 e. The van der Waals surface area contributed by atoms with Gasteiger partial charge in [-0.25, -0.2) is 4.21 Å². The van der Waals surface area contributed by atoms with Crippen LogP contribution in [0.3, 0.4) is 0 Å². The molecule has 0 fully saturated rings. The van der Waals surface area contributed by atoms with Crippen LogP contribution in [-0.2, 0) is 10.8 Å². The first kappa shape index (κ1) is 14.0. The van der Waals surface area contributed by atoms with E-state index >= 15 is 0 Å². The molecule has 0 spiro atoms. The average molecular weight is 414 g/mol. The summed E-state index contributed by atoms with van der Waals surface area (Å²) in [5, 5.41) is 0. The van der Waals surface area contributed by atoms with E-state index in [0.29, 0.717) is 3.81 Å². The van der Waals surface area contributed by atoms with Crippen LogP contribution in [-0.4, -0.2) is 11.3 Å². The Kier molecular flexibility index (Phi) is 3.84. The summed E-state index contributed by atoms with van der Waals surface area (Å²) < 4.78 is 19.4. The summed E-state index contributed by atoms with van der Waals surface area (Å²) in [6.45, 7) is 0. The Morgan fingerprint density at radius 1 is 1.05 bits per heavy atom. The van der Waals surface area contributed by atoms with Crippen molar-refractivity contribution >= 4 is 48.2 Å². The Morgan fingerprint density at radius 2 is 1.75 bits per heavy atom. The van der Waals surface area contributed by atoms with Crippen molar-refractivity contribution in [3.63, 3.8) is 0 Å². The van der Waals surface area contributed by atoms with Crippen molar-refractivity contribution in [2.45, 2.75) is 4.90 Å². The molecule has 1 heterocycles. The molecule has 2 aromatic rings. The lowest BCUT2D eigenvalue weighted by Gasteiger charge is -2.07. The Balaban J connectivity index is 2.18.